The molecule has 0 bridgehead atoms. The maximum absolute atomic E-state index is 12.1. The molecule has 0 aliphatic carbocycles. The molecule has 0 spiro atoms. The molecule has 0 radical (unpaired) electrons. The second-order valence-corrected chi connectivity index (χ2v) is 6.05. The van der Waals surface area contributed by atoms with Crippen molar-refractivity contribution in [3.05, 3.63) is 70.6 Å². The fourth-order valence-electron chi connectivity index (χ4n) is 3.08. The number of aromatic nitrogens is 1. The number of anilines is 1. The van der Waals surface area contributed by atoms with Gasteiger partial charge in [0.05, 0.1) is 10.9 Å². The molecule has 5 heteroatoms. The maximum atomic E-state index is 12.1. The Morgan fingerprint density at radius 3 is 2.42 bits per heavy atom. The molecular formula is C19H19N3O2. The average Bonchev–Trinajstić information content (AvgIpc) is 2.63. The van der Waals surface area contributed by atoms with Crippen LogP contribution in [0.2, 0.25) is 0 Å². The quantitative estimate of drug-likeness (QED) is 0.742. The minimum absolute atomic E-state index is 0.317. The first-order valence-corrected chi connectivity index (χ1v) is 8.21. The van der Waals surface area contributed by atoms with Gasteiger partial charge in [-0.25, -0.2) is 4.79 Å². The van der Waals surface area contributed by atoms with Gasteiger partial charge in [-0.1, -0.05) is 42.5 Å². The number of nitrogens with zero attached hydrogens (tertiary/aromatic N) is 3. The van der Waals surface area contributed by atoms with Gasteiger partial charge in [0.15, 0.2) is 0 Å². The van der Waals surface area contributed by atoms with Gasteiger partial charge in [0, 0.05) is 32.7 Å². The van der Waals surface area contributed by atoms with Gasteiger partial charge in [-0.2, -0.15) is 4.98 Å². The van der Waals surface area contributed by atoms with Gasteiger partial charge in [-0.3, -0.25) is 4.90 Å². The molecule has 0 amide bonds. The molecule has 0 N–H and O–H groups in total. The molecule has 4 rings (SSSR count). The van der Waals surface area contributed by atoms with Crippen LogP contribution in [-0.4, -0.2) is 36.1 Å². The summed E-state index contributed by atoms with van der Waals surface area (Å²) in [5.74, 6) is 0. The largest absolute Gasteiger partial charge is 0.389 e. The second kappa shape index (κ2) is 6.45. The molecule has 0 saturated carbocycles. The first kappa shape index (κ1) is 14.9. The summed E-state index contributed by atoms with van der Waals surface area (Å²) in [5.41, 5.74) is 1.69. The van der Waals surface area contributed by atoms with Gasteiger partial charge in [0.1, 0.15) is 0 Å². The predicted octanol–water partition coefficient (Wildman–Crippen LogP) is 2.51. The molecular weight excluding hydrogens is 302 g/mol. The lowest BCUT2D eigenvalue weighted by atomic mass is 10.2. The number of rotatable bonds is 3. The van der Waals surface area contributed by atoms with Crippen molar-refractivity contribution in [1.29, 1.82) is 0 Å². The van der Waals surface area contributed by atoms with E-state index >= 15 is 0 Å². The van der Waals surface area contributed by atoms with Gasteiger partial charge >= 0.3 is 11.6 Å². The lowest BCUT2D eigenvalue weighted by Gasteiger charge is -2.34. The van der Waals surface area contributed by atoms with Gasteiger partial charge in [0.25, 0.3) is 0 Å². The molecule has 2 heterocycles. The zero-order chi connectivity index (χ0) is 16.4. The van der Waals surface area contributed by atoms with Gasteiger partial charge in [-0.15, -0.1) is 0 Å². The van der Waals surface area contributed by atoms with Crippen LogP contribution in [0.3, 0.4) is 0 Å². The molecule has 0 atom stereocenters. The summed E-state index contributed by atoms with van der Waals surface area (Å²) >= 11 is 0. The molecule has 1 aliphatic rings. The first-order chi connectivity index (χ1) is 11.8. The minimum Gasteiger partial charge on any atom is -0.389 e. The van der Waals surface area contributed by atoms with Crippen molar-refractivity contribution in [1.82, 2.24) is 9.88 Å². The molecule has 1 aromatic heterocycles. The number of fused-ring (bicyclic) bond motifs is 1. The highest BCUT2D eigenvalue weighted by atomic mass is 16.4. The van der Waals surface area contributed by atoms with Crippen molar-refractivity contribution in [3.8, 4) is 0 Å². The number of benzene rings is 2. The molecule has 5 nitrogen and oxygen atoms in total. The van der Waals surface area contributed by atoms with E-state index in [0.29, 0.717) is 16.9 Å². The van der Waals surface area contributed by atoms with Crippen molar-refractivity contribution in [2.75, 3.05) is 31.1 Å². The van der Waals surface area contributed by atoms with E-state index in [0.717, 1.165) is 32.7 Å². The summed E-state index contributed by atoms with van der Waals surface area (Å²) in [6.45, 7) is 4.41. The smallest absolute Gasteiger partial charge is 0.348 e. The van der Waals surface area contributed by atoms with Crippen molar-refractivity contribution in [2.45, 2.75) is 6.54 Å². The monoisotopic (exact) mass is 321 g/mol. The van der Waals surface area contributed by atoms with Gasteiger partial charge in [-0.05, 0) is 17.7 Å². The number of hydrogen-bond acceptors (Lipinski definition) is 5. The van der Waals surface area contributed by atoms with Crippen molar-refractivity contribution >= 4 is 16.9 Å². The Morgan fingerprint density at radius 2 is 1.62 bits per heavy atom. The molecule has 122 valence electrons. The minimum atomic E-state index is -0.317. The maximum Gasteiger partial charge on any atom is 0.348 e. The van der Waals surface area contributed by atoms with Crippen LogP contribution in [0.25, 0.3) is 10.9 Å². The number of piperazine rings is 1. The molecule has 0 unspecified atom stereocenters. The van der Waals surface area contributed by atoms with E-state index in [2.05, 4.69) is 39.0 Å². The van der Waals surface area contributed by atoms with Crippen LogP contribution in [0.1, 0.15) is 5.56 Å². The van der Waals surface area contributed by atoms with E-state index in [-0.39, 0.29) is 5.63 Å². The molecule has 1 saturated heterocycles. The zero-order valence-corrected chi connectivity index (χ0v) is 13.4. The first-order valence-electron chi connectivity index (χ1n) is 8.21. The van der Waals surface area contributed by atoms with E-state index in [1.165, 1.54) is 5.56 Å². The van der Waals surface area contributed by atoms with Crippen LogP contribution in [0.15, 0.2) is 63.8 Å². The van der Waals surface area contributed by atoms with E-state index in [4.69, 9.17) is 4.42 Å². The third-order valence-corrected chi connectivity index (χ3v) is 4.42. The lowest BCUT2D eigenvalue weighted by molar-refractivity contribution is 0.244. The van der Waals surface area contributed by atoms with Gasteiger partial charge < -0.3 is 9.32 Å². The standard InChI is InChI=1S/C19H19N3O2/c23-18-16-8-4-5-9-17(16)20-19(24-18)22-12-10-21(11-13-22)14-15-6-2-1-3-7-15/h1-9H,10-14H2. The summed E-state index contributed by atoms with van der Waals surface area (Å²) < 4.78 is 5.42. The van der Waals surface area contributed by atoms with E-state index < -0.39 is 0 Å². The van der Waals surface area contributed by atoms with E-state index in [1.807, 2.05) is 24.3 Å². The molecule has 1 fully saturated rings. The van der Waals surface area contributed by atoms with E-state index in [9.17, 15) is 4.79 Å². The zero-order valence-electron chi connectivity index (χ0n) is 13.4. The van der Waals surface area contributed by atoms with Gasteiger partial charge in [0.2, 0.25) is 0 Å². The highest BCUT2D eigenvalue weighted by molar-refractivity contribution is 5.77. The summed E-state index contributed by atoms with van der Waals surface area (Å²) in [6.07, 6.45) is 0. The SMILES string of the molecule is O=c1oc(N2CCN(Cc3ccccc3)CC2)nc2ccccc12. The number of para-hydroxylation sites is 1. The average molecular weight is 321 g/mol. The molecule has 1 aliphatic heterocycles. The normalized spacial score (nSPS) is 15.8. The van der Waals surface area contributed by atoms with Crippen LogP contribution in [0.5, 0.6) is 0 Å². The molecule has 24 heavy (non-hydrogen) atoms. The Morgan fingerprint density at radius 1 is 0.917 bits per heavy atom. The van der Waals surface area contributed by atoms with Crippen LogP contribution in [0.4, 0.5) is 6.01 Å². The van der Waals surface area contributed by atoms with Crippen molar-refractivity contribution in [3.63, 3.8) is 0 Å². The lowest BCUT2D eigenvalue weighted by Crippen LogP contribution is -2.46. The topological polar surface area (TPSA) is 49.6 Å². The fourth-order valence-corrected chi connectivity index (χ4v) is 3.08. The van der Waals surface area contributed by atoms with Crippen molar-refractivity contribution in [2.24, 2.45) is 0 Å². The van der Waals surface area contributed by atoms with E-state index in [1.54, 1.807) is 6.07 Å². The third-order valence-electron chi connectivity index (χ3n) is 4.42. The Bertz CT molecular complexity index is 884. The van der Waals surface area contributed by atoms with Crippen LogP contribution >= 0.6 is 0 Å². The third kappa shape index (κ3) is 3.03. The Balaban J connectivity index is 1.47. The van der Waals surface area contributed by atoms with Crippen LogP contribution in [-0.2, 0) is 6.54 Å². The van der Waals surface area contributed by atoms with Crippen LogP contribution in [0, 0.1) is 0 Å². The summed E-state index contributed by atoms with van der Waals surface area (Å²) in [7, 11) is 0. The Hall–Kier alpha value is -2.66. The fraction of sp³-hybridized carbons (Fsp3) is 0.263. The summed E-state index contributed by atoms with van der Waals surface area (Å²) in [6, 6.07) is 18.2. The molecule has 3 aromatic rings. The predicted molar refractivity (Wildman–Crippen MR) is 94.2 cm³/mol. The second-order valence-electron chi connectivity index (χ2n) is 6.05. The Labute approximate surface area is 140 Å². The van der Waals surface area contributed by atoms with Crippen molar-refractivity contribution < 1.29 is 4.42 Å². The Kier molecular flexibility index (Phi) is 4.01. The highest BCUT2D eigenvalue weighted by Gasteiger charge is 2.20. The number of hydrogen-bond donors (Lipinski definition) is 0. The highest BCUT2D eigenvalue weighted by Crippen LogP contribution is 2.17. The summed E-state index contributed by atoms with van der Waals surface area (Å²) in [4.78, 5) is 21.1. The molecule has 2 aromatic carbocycles. The van der Waals surface area contributed by atoms with Crippen LogP contribution < -0.4 is 10.5 Å². The summed E-state index contributed by atoms with van der Waals surface area (Å²) in [5, 5.41) is 0.531.